The molecule has 7 nitrogen and oxygen atoms in total. The van der Waals surface area contributed by atoms with Crippen LogP contribution in [0.25, 0.3) is 5.65 Å². The molecule has 0 saturated carbocycles. The monoisotopic (exact) mass is 369 g/mol. The fourth-order valence-corrected chi connectivity index (χ4v) is 2.96. The number of carbonyl (C=O) groups is 1. The van der Waals surface area contributed by atoms with Gasteiger partial charge in [-0.2, -0.15) is 10.4 Å². The molecule has 3 heterocycles. The van der Waals surface area contributed by atoms with Gasteiger partial charge in [0.25, 0.3) is 0 Å². The Morgan fingerprint density at radius 3 is 2.92 bits per heavy atom. The van der Waals surface area contributed by atoms with Crippen molar-refractivity contribution in [3.8, 4) is 6.07 Å². The van der Waals surface area contributed by atoms with Gasteiger partial charge >= 0.3 is 0 Å². The van der Waals surface area contributed by atoms with Crippen LogP contribution in [0.2, 0.25) is 5.15 Å². The summed E-state index contributed by atoms with van der Waals surface area (Å²) in [4.78, 5) is 20.8. The van der Waals surface area contributed by atoms with Crippen LogP contribution in [-0.4, -0.2) is 32.5 Å². The van der Waals surface area contributed by atoms with Crippen molar-refractivity contribution in [2.24, 2.45) is 0 Å². The van der Waals surface area contributed by atoms with Crippen LogP contribution < -0.4 is 0 Å². The normalized spacial score (nSPS) is 12.1. The van der Waals surface area contributed by atoms with E-state index in [1.165, 1.54) is 6.20 Å². The van der Waals surface area contributed by atoms with Gasteiger partial charge in [0.05, 0.1) is 11.8 Å². The number of nitriles is 1. The number of fused-ring (bicyclic) bond motifs is 1. The zero-order valence-electron chi connectivity index (χ0n) is 14.3. The molecule has 0 bridgehead atoms. The number of pyridine rings is 1. The highest BCUT2D eigenvalue weighted by molar-refractivity contribution is 6.29. The van der Waals surface area contributed by atoms with Crippen LogP contribution in [0.15, 0.2) is 30.6 Å². The molecule has 0 saturated heterocycles. The van der Waals surface area contributed by atoms with E-state index in [-0.39, 0.29) is 24.7 Å². The summed E-state index contributed by atoms with van der Waals surface area (Å²) in [5.41, 5.74) is 3.10. The molecule has 0 aromatic carbocycles. The molecule has 0 aliphatic carbocycles. The Kier molecular flexibility index (Phi) is 5.26. The summed E-state index contributed by atoms with van der Waals surface area (Å²) in [6.45, 7) is 1.88. The third-order valence-corrected chi connectivity index (χ3v) is 4.22. The fourth-order valence-electron chi connectivity index (χ4n) is 2.79. The molecule has 0 aliphatic rings. The number of Topliss-reactive ketones (excluding diaryl/α,β-unsaturated/α-hetero) is 1. The predicted molar refractivity (Wildman–Crippen MR) is 94.8 cm³/mol. The molecule has 8 heteroatoms. The molecule has 132 valence electrons. The second kappa shape index (κ2) is 7.60. The molecule has 3 aromatic rings. The lowest BCUT2D eigenvalue weighted by atomic mass is 10.0. The number of carbonyl (C=O) groups excluding carboxylic acids is 1. The number of halogens is 1. The van der Waals surface area contributed by atoms with E-state index in [1.807, 2.05) is 13.0 Å². The van der Waals surface area contributed by atoms with E-state index in [0.717, 1.165) is 16.8 Å². The van der Waals surface area contributed by atoms with Gasteiger partial charge in [0.1, 0.15) is 17.5 Å². The van der Waals surface area contributed by atoms with E-state index in [0.29, 0.717) is 16.5 Å². The molecule has 1 atom stereocenters. The standard InChI is InChI=1S/C18H16ClN5O2/c1-11(26-2)18-13(10-22-17-8-16(19)23-24(17)18)7-15(25)6-12-3-4-21-14(5-12)9-20/h3-5,8,10-11H,6-7H2,1-2H3/t11-/m0/s1. The van der Waals surface area contributed by atoms with Gasteiger partial charge in [-0.1, -0.05) is 11.6 Å². The highest BCUT2D eigenvalue weighted by Crippen LogP contribution is 2.23. The van der Waals surface area contributed by atoms with Gasteiger partial charge in [-0.15, -0.1) is 0 Å². The summed E-state index contributed by atoms with van der Waals surface area (Å²) in [5, 5.41) is 13.5. The minimum absolute atomic E-state index is 0.0101. The first-order valence-corrected chi connectivity index (χ1v) is 8.32. The Labute approximate surface area is 155 Å². The maximum absolute atomic E-state index is 12.6. The highest BCUT2D eigenvalue weighted by atomic mass is 35.5. The summed E-state index contributed by atoms with van der Waals surface area (Å²) < 4.78 is 7.05. The second-order valence-corrected chi connectivity index (χ2v) is 6.22. The molecule has 26 heavy (non-hydrogen) atoms. The minimum atomic E-state index is -0.287. The van der Waals surface area contributed by atoms with Crippen molar-refractivity contribution >= 4 is 23.0 Å². The smallest absolute Gasteiger partial charge is 0.156 e. The van der Waals surface area contributed by atoms with Crippen molar-refractivity contribution in [2.75, 3.05) is 7.11 Å². The number of nitrogens with zero attached hydrogens (tertiary/aromatic N) is 5. The Balaban J connectivity index is 1.90. The van der Waals surface area contributed by atoms with Crippen molar-refractivity contribution in [3.05, 3.63) is 58.3 Å². The molecule has 3 aromatic heterocycles. The number of hydrogen-bond acceptors (Lipinski definition) is 6. The van der Waals surface area contributed by atoms with Crippen LogP contribution in [0.3, 0.4) is 0 Å². The lowest BCUT2D eigenvalue weighted by molar-refractivity contribution is -0.117. The number of ether oxygens (including phenoxy) is 1. The number of ketones is 1. The largest absolute Gasteiger partial charge is 0.375 e. The average molecular weight is 370 g/mol. The summed E-state index contributed by atoms with van der Waals surface area (Å²) >= 11 is 5.98. The highest BCUT2D eigenvalue weighted by Gasteiger charge is 2.19. The Morgan fingerprint density at radius 1 is 1.38 bits per heavy atom. The fraction of sp³-hybridized carbons (Fsp3) is 0.278. The maximum atomic E-state index is 12.6. The van der Waals surface area contributed by atoms with Gasteiger partial charge in [-0.25, -0.2) is 14.5 Å². The van der Waals surface area contributed by atoms with Gasteiger partial charge in [0.2, 0.25) is 0 Å². The first-order valence-electron chi connectivity index (χ1n) is 7.94. The predicted octanol–water partition coefficient (Wildman–Crippen LogP) is 2.71. The van der Waals surface area contributed by atoms with Gasteiger partial charge in [-0.05, 0) is 24.6 Å². The molecule has 0 radical (unpaired) electrons. The number of aromatic nitrogens is 4. The van der Waals surface area contributed by atoms with Gasteiger partial charge < -0.3 is 4.74 Å². The van der Waals surface area contributed by atoms with Crippen molar-refractivity contribution in [2.45, 2.75) is 25.9 Å². The Hall–Kier alpha value is -2.82. The molecule has 3 rings (SSSR count). The molecule has 0 N–H and O–H groups in total. The summed E-state index contributed by atoms with van der Waals surface area (Å²) in [6, 6.07) is 6.97. The molecule has 0 fully saturated rings. The van der Waals surface area contributed by atoms with E-state index < -0.39 is 0 Å². The average Bonchev–Trinajstić information content (AvgIpc) is 3.01. The van der Waals surface area contributed by atoms with Crippen LogP contribution >= 0.6 is 11.6 Å². The number of hydrogen-bond donors (Lipinski definition) is 0. The van der Waals surface area contributed by atoms with E-state index >= 15 is 0 Å². The molecular formula is C18H16ClN5O2. The minimum Gasteiger partial charge on any atom is -0.375 e. The van der Waals surface area contributed by atoms with E-state index in [1.54, 1.807) is 36.0 Å². The summed E-state index contributed by atoms with van der Waals surface area (Å²) in [7, 11) is 1.59. The van der Waals surface area contributed by atoms with E-state index in [4.69, 9.17) is 21.6 Å². The quantitative estimate of drug-likeness (QED) is 0.663. The summed E-state index contributed by atoms with van der Waals surface area (Å²) in [5.74, 6) is -0.0101. The van der Waals surface area contributed by atoms with Gasteiger partial charge in [-0.3, -0.25) is 4.79 Å². The van der Waals surface area contributed by atoms with Crippen LogP contribution in [-0.2, 0) is 22.4 Å². The molecular weight excluding hydrogens is 354 g/mol. The topological polar surface area (TPSA) is 93.2 Å². The van der Waals surface area contributed by atoms with Crippen LogP contribution in [0, 0.1) is 11.3 Å². The Morgan fingerprint density at radius 2 is 2.19 bits per heavy atom. The third kappa shape index (κ3) is 3.72. The van der Waals surface area contributed by atoms with Crippen molar-refractivity contribution in [1.82, 2.24) is 19.6 Å². The van der Waals surface area contributed by atoms with E-state index in [9.17, 15) is 4.79 Å². The molecule has 0 unspecified atom stereocenters. The molecule has 0 spiro atoms. The second-order valence-electron chi connectivity index (χ2n) is 5.84. The van der Waals surface area contributed by atoms with Crippen LogP contribution in [0.4, 0.5) is 0 Å². The van der Waals surface area contributed by atoms with Crippen molar-refractivity contribution in [1.29, 1.82) is 5.26 Å². The summed E-state index contributed by atoms with van der Waals surface area (Å²) in [6.07, 6.45) is 3.27. The molecule has 0 aliphatic heterocycles. The van der Waals surface area contributed by atoms with E-state index in [2.05, 4.69) is 15.1 Å². The third-order valence-electron chi connectivity index (χ3n) is 4.04. The number of methoxy groups -OCH3 is 1. The SMILES string of the molecule is CO[C@@H](C)c1c(CC(=O)Cc2ccnc(C#N)c2)cnc2cc(Cl)nn12. The van der Waals surface area contributed by atoms with Crippen molar-refractivity contribution in [3.63, 3.8) is 0 Å². The zero-order valence-corrected chi connectivity index (χ0v) is 15.1. The molecule has 0 amide bonds. The lowest BCUT2D eigenvalue weighted by Gasteiger charge is -2.16. The first-order chi connectivity index (χ1) is 12.5. The van der Waals surface area contributed by atoms with Crippen molar-refractivity contribution < 1.29 is 9.53 Å². The zero-order chi connectivity index (χ0) is 18.7. The van der Waals surface area contributed by atoms with Gasteiger partial charge in [0.15, 0.2) is 10.8 Å². The van der Waals surface area contributed by atoms with Crippen LogP contribution in [0.1, 0.15) is 35.5 Å². The maximum Gasteiger partial charge on any atom is 0.156 e. The van der Waals surface area contributed by atoms with Gasteiger partial charge in [0, 0.05) is 44.0 Å². The number of rotatable bonds is 6. The Bertz CT molecular complexity index is 1010. The first kappa shape index (κ1) is 18.0. The lowest BCUT2D eigenvalue weighted by Crippen LogP contribution is -2.15. The van der Waals surface area contributed by atoms with Crippen LogP contribution in [0.5, 0.6) is 0 Å².